The van der Waals surface area contributed by atoms with Gasteiger partial charge in [0.25, 0.3) is 0 Å². The van der Waals surface area contributed by atoms with Crippen LogP contribution < -0.4 is 11.3 Å². The van der Waals surface area contributed by atoms with Gasteiger partial charge in [0.1, 0.15) is 5.76 Å². The lowest BCUT2D eigenvalue weighted by Gasteiger charge is -2.22. The number of benzene rings is 1. The predicted molar refractivity (Wildman–Crippen MR) is 75.4 cm³/mol. The molecule has 0 fully saturated rings. The maximum absolute atomic E-state index is 6.12. The molecular weight excluding hydrogens is 248 g/mol. The van der Waals surface area contributed by atoms with Crippen LogP contribution in [0.25, 0.3) is 11.0 Å². The average Bonchev–Trinajstić information content (AvgIpc) is 2.80. The molecule has 4 heteroatoms. The van der Waals surface area contributed by atoms with Crippen LogP contribution in [-0.2, 0) is 0 Å². The van der Waals surface area contributed by atoms with Gasteiger partial charge < -0.3 is 4.42 Å². The number of furan rings is 1. The topological polar surface area (TPSA) is 51.2 Å². The number of hydrogen-bond acceptors (Lipinski definition) is 3. The number of nitrogens with two attached hydrogens (primary N) is 1. The Morgan fingerprint density at radius 3 is 2.61 bits per heavy atom. The fourth-order valence-corrected chi connectivity index (χ4v) is 2.63. The van der Waals surface area contributed by atoms with Crippen molar-refractivity contribution < 1.29 is 4.42 Å². The first-order valence-corrected chi connectivity index (χ1v) is 6.73. The standard InChI is InChI=1S/C14H19ClN2O/c1-3-9(4-2)13(17-16)12-8-10-6-5-7-11(15)14(10)18-12/h5-9,13,17H,3-4,16H2,1-2H3. The van der Waals surface area contributed by atoms with Gasteiger partial charge in [0.15, 0.2) is 5.58 Å². The second-order valence-corrected chi connectivity index (χ2v) is 4.94. The summed E-state index contributed by atoms with van der Waals surface area (Å²) in [6, 6.07) is 7.80. The van der Waals surface area contributed by atoms with E-state index < -0.39 is 0 Å². The monoisotopic (exact) mass is 266 g/mol. The summed E-state index contributed by atoms with van der Waals surface area (Å²) in [4.78, 5) is 0. The van der Waals surface area contributed by atoms with Crippen LogP contribution in [0.15, 0.2) is 28.7 Å². The third-order valence-corrected chi connectivity index (χ3v) is 3.82. The molecule has 1 heterocycles. The summed E-state index contributed by atoms with van der Waals surface area (Å²) in [6.07, 6.45) is 2.10. The summed E-state index contributed by atoms with van der Waals surface area (Å²) < 4.78 is 5.86. The molecule has 0 amide bonds. The smallest absolute Gasteiger partial charge is 0.152 e. The van der Waals surface area contributed by atoms with Crippen LogP contribution >= 0.6 is 11.6 Å². The molecule has 3 nitrogen and oxygen atoms in total. The van der Waals surface area contributed by atoms with Gasteiger partial charge in [-0.3, -0.25) is 5.84 Å². The van der Waals surface area contributed by atoms with Crippen molar-refractivity contribution in [2.75, 3.05) is 0 Å². The second kappa shape index (κ2) is 5.74. The number of rotatable bonds is 5. The summed E-state index contributed by atoms with van der Waals surface area (Å²) in [5.41, 5.74) is 3.60. The number of nitrogens with one attached hydrogen (secondary N) is 1. The zero-order valence-electron chi connectivity index (χ0n) is 10.7. The Bertz CT molecular complexity index is 519. The Balaban J connectivity index is 2.42. The molecule has 2 aromatic rings. The lowest BCUT2D eigenvalue weighted by Crippen LogP contribution is -2.32. The zero-order chi connectivity index (χ0) is 13.1. The van der Waals surface area contributed by atoms with Gasteiger partial charge >= 0.3 is 0 Å². The van der Waals surface area contributed by atoms with Gasteiger partial charge in [0, 0.05) is 5.39 Å². The average molecular weight is 267 g/mol. The van der Waals surface area contributed by atoms with E-state index in [1.54, 1.807) is 0 Å². The Morgan fingerprint density at radius 2 is 2.06 bits per heavy atom. The van der Waals surface area contributed by atoms with E-state index in [1.807, 2.05) is 24.3 Å². The number of halogens is 1. The van der Waals surface area contributed by atoms with Crippen molar-refractivity contribution in [2.24, 2.45) is 11.8 Å². The third-order valence-electron chi connectivity index (χ3n) is 3.52. The van der Waals surface area contributed by atoms with Gasteiger partial charge in [-0.05, 0) is 18.1 Å². The van der Waals surface area contributed by atoms with Crippen LogP contribution in [0.3, 0.4) is 0 Å². The molecule has 2 rings (SSSR count). The van der Waals surface area contributed by atoms with E-state index in [4.69, 9.17) is 21.9 Å². The highest BCUT2D eigenvalue weighted by Gasteiger charge is 2.23. The minimum atomic E-state index is 0.0310. The van der Waals surface area contributed by atoms with Gasteiger partial charge in [0.2, 0.25) is 0 Å². The van der Waals surface area contributed by atoms with Crippen molar-refractivity contribution in [1.29, 1.82) is 0 Å². The fraction of sp³-hybridized carbons (Fsp3) is 0.429. The highest BCUT2D eigenvalue weighted by atomic mass is 35.5. The van der Waals surface area contributed by atoms with Crippen molar-refractivity contribution >= 4 is 22.6 Å². The largest absolute Gasteiger partial charge is 0.458 e. The molecule has 0 spiro atoms. The van der Waals surface area contributed by atoms with E-state index in [-0.39, 0.29) is 6.04 Å². The van der Waals surface area contributed by atoms with Crippen LogP contribution in [0, 0.1) is 5.92 Å². The summed E-state index contributed by atoms with van der Waals surface area (Å²) in [5, 5.41) is 1.66. The lowest BCUT2D eigenvalue weighted by molar-refractivity contribution is 0.303. The van der Waals surface area contributed by atoms with Crippen molar-refractivity contribution in [3.05, 3.63) is 35.0 Å². The molecule has 0 radical (unpaired) electrons. The Hall–Kier alpha value is -1.03. The fourth-order valence-electron chi connectivity index (χ4n) is 2.41. The summed E-state index contributed by atoms with van der Waals surface area (Å²) in [5.74, 6) is 6.98. The molecule has 1 atom stereocenters. The molecule has 3 N–H and O–H groups in total. The second-order valence-electron chi connectivity index (χ2n) is 4.53. The van der Waals surface area contributed by atoms with E-state index in [1.165, 1.54) is 0 Å². The number of fused-ring (bicyclic) bond motifs is 1. The first kappa shape index (κ1) is 13.4. The third kappa shape index (κ3) is 2.39. The van der Waals surface area contributed by atoms with Crippen LogP contribution in [-0.4, -0.2) is 0 Å². The first-order valence-electron chi connectivity index (χ1n) is 6.35. The summed E-state index contributed by atoms with van der Waals surface area (Å²) >= 11 is 6.12. The highest BCUT2D eigenvalue weighted by molar-refractivity contribution is 6.34. The van der Waals surface area contributed by atoms with Crippen LogP contribution in [0.4, 0.5) is 0 Å². The maximum Gasteiger partial charge on any atom is 0.152 e. The van der Waals surface area contributed by atoms with E-state index >= 15 is 0 Å². The predicted octanol–water partition coefficient (Wildman–Crippen LogP) is 4.03. The molecule has 1 aromatic carbocycles. The molecule has 18 heavy (non-hydrogen) atoms. The van der Waals surface area contributed by atoms with Crippen molar-refractivity contribution in [3.8, 4) is 0 Å². The molecular formula is C14H19ClN2O. The number of hydrazine groups is 1. The van der Waals surface area contributed by atoms with E-state index in [0.29, 0.717) is 10.9 Å². The number of hydrogen-bond donors (Lipinski definition) is 2. The molecule has 0 saturated carbocycles. The van der Waals surface area contributed by atoms with Gasteiger partial charge in [0.05, 0.1) is 11.1 Å². The van der Waals surface area contributed by atoms with Gasteiger partial charge in [-0.2, -0.15) is 0 Å². The molecule has 98 valence electrons. The molecule has 0 aliphatic rings. The zero-order valence-corrected chi connectivity index (χ0v) is 11.5. The highest BCUT2D eigenvalue weighted by Crippen LogP contribution is 2.33. The van der Waals surface area contributed by atoms with Gasteiger partial charge in [-0.1, -0.05) is 50.4 Å². The normalized spacial score (nSPS) is 13.4. The van der Waals surface area contributed by atoms with Gasteiger partial charge in [-0.15, -0.1) is 0 Å². The minimum Gasteiger partial charge on any atom is -0.458 e. The van der Waals surface area contributed by atoms with Crippen molar-refractivity contribution in [2.45, 2.75) is 32.7 Å². The SMILES string of the molecule is CCC(CC)C(NN)c1cc2cccc(Cl)c2o1. The Morgan fingerprint density at radius 1 is 1.33 bits per heavy atom. The number of para-hydroxylation sites is 1. The van der Waals surface area contributed by atoms with Crippen LogP contribution in [0.5, 0.6) is 0 Å². The van der Waals surface area contributed by atoms with Crippen molar-refractivity contribution in [3.63, 3.8) is 0 Å². The van der Waals surface area contributed by atoms with Crippen molar-refractivity contribution in [1.82, 2.24) is 5.43 Å². The quantitative estimate of drug-likeness (QED) is 0.635. The molecule has 0 bridgehead atoms. The molecule has 0 saturated heterocycles. The van der Waals surface area contributed by atoms with Crippen LogP contribution in [0.2, 0.25) is 5.02 Å². The lowest BCUT2D eigenvalue weighted by atomic mass is 9.93. The van der Waals surface area contributed by atoms with E-state index in [0.717, 1.165) is 29.6 Å². The molecule has 0 aliphatic carbocycles. The molecule has 1 unspecified atom stereocenters. The molecule has 0 aliphatic heterocycles. The molecule has 1 aromatic heterocycles. The van der Waals surface area contributed by atoms with Crippen LogP contribution in [0.1, 0.15) is 38.5 Å². The summed E-state index contributed by atoms with van der Waals surface area (Å²) in [6.45, 7) is 4.32. The van der Waals surface area contributed by atoms with E-state index in [2.05, 4.69) is 19.3 Å². The Kier molecular flexibility index (Phi) is 4.27. The summed E-state index contributed by atoms with van der Waals surface area (Å²) in [7, 11) is 0. The van der Waals surface area contributed by atoms with Gasteiger partial charge in [-0.25, -0.2) is 5.43 Å². The minimum absolute atomic E-state index is 0.0310. The Labute approximate surface area is 112 Å². The maximum atomic E-state index is 6.12. The first-order chi connectivity index (χ1) is 8.71. The van der Waals surface area contributed by atoms with E-state index in [9.17, 15) is 0 Å².